The molecule has 1 aliphatic rings. The van der Waals surface area contributed by atoms with Gasteiger partial charge in [0.1, 0.15) is 11.6 Å². The van der Waals surface area contributed by atoms with Crippen LogP contribution in [0.4, 0.5) is 9.52 Å². The number of aromatic hydroxyl groups is 1. The van der Waals surface area contributed by atoms with E-state index in [4.69, 9.17) is 4.74 Å². The SMILES string of the molecule is COc1cc(C2/C(=C(/O)c3ccc(C)cc3)C(=O)C(=O)N2c2nnc(SCc3ccccc3F)s2)cc(Br)c1O. The summed E-state index contributed by atoms with van der Waals surface area (Å²) < 4.78 is 20.1. The molecule has 2 heterocycles. The number of aromatic nitrogens is 2. The van der Waals surface area contributed by atoms with E-state index in [0.29, 0.717) is 26.8 Å². The van der Waals surface area contributed by atoms with E-state index in [1.807, 2.05) is 6.92 Å². The minimum absolute atomic E-state index is 0.101. The molecule has 8 nitrogen and oxygen atoms in total. The van der Waals surface area contributed by atoms with Gasteiger partial charge in [-0.2, -0.15) is 0 Å². The average Bonchev–Trinajstić information content (AvgIpc) is 3.51. The number of hydrogen-bond donors (Lipinski definition) is 2. The van der Waals surface area contributed by atoms with E-state index < -0.39 is 17.7 Å². The second-order valence-electron chi connectivity index (χ2n) is 8.82. The molecule has 1 unspecified atom stereocenters. The van der Waals surface area contributed by atoms with Crippen LogP contribution in [0.1, 0.15) is 28.3 Å². The lowest BCUT2D eigenvalue weighted by Crippen LogP contribution is -2.29. The first-order valence-corrected chi connectivity index (χ1v) is 14.4. The molecule has 1 amide bonds. The van der Waals surface area contributed by atoms with Gasteiger partial charge in [-0.3, -0.25) is 14.5 Å². The van der Waals surface area contributed by atoms with Crippen LogP contribution >= 0.6 is 39.0 Å². The molecule has 2 N–H and O–H groups in total. The van der Waals surface area contributed by atoms with Gasteiger partial charge in [0.15, 0.2) is 15.8 Å². The molecular formula is C28H21BrFN3O5S2. The van der Waals surface area contributed by atoms with Gasteiger partial charge in [-0.25, -0.2) is 4.39 Å². The van der Waals surface area contributed by atoms with Gasteiger partial charge in [-0.1, -0.05) is 71.1 Å². The minimum atomic E-state index is -1.11. The number of aliphatic hydroxyl groups is 1. The number of anilines is 1. The van der Waals surface area contributed by atoms with Crippen LogP contribution in [0.2, 0.25) is 0 Å². The molecule has 12 heteroatoms. The van der Waals surface area contributed by atoms with Crippen molar-refractivity contribution in [2.75, 3.05) is 12.0 Å². The number of methoxy groups -OCH3 is 1. The number of carbonyl (C=O) groups excluding carboxylic acids is 2. The Balaban J connectivity index is 1.60. The number of phenolic OH excluding ortho intramolecular Hbond substituents is 1. The van der Waals surface area contributed by atoms with Gasteiger partial charge < -0.3 is 14.9 Å². The Bertz CT molecular complexity index is 1660. The molecule has 0 saturated carbocycles. The van der Waals surface area contributed by atoms with Gasteiger partial charge in [0.2, 0.25) is 5.13 Å². The standard InChI is InChI=1S/C28H21BrFN3O5S2/c1-14-7-9-15(10-8-14)23(34)21-22(17-11-18(29)24(35)20(12-17)38-2)33(26(37)25(21)36)27-31-32-28(40-27)39-13-16-5-3-4-6-19(16)30/h3-12,22,34-35H,13H2,1-2H3/b23-21-. The van der Waals surface area contributed by atoms with Crippen molar-refractivity contribution in [2.45, 2.75) is 23.1 Å². The van der Waals surface area contributed by atoms with Crippen molar-refractivity contribution in [3.05, 3.63) is 98.8 Å². The second kappa shape index (κ2) is 11.4. The molecule has 4 aromatic rings. The van der Waals surface area contributed by atoms with Crippen molar-refractivity contribution in [3.8, 4) is 11.5 Å². The van der Waals surface area contributed by atoms with Crippen molar-refractivity contribution < 1.29 is 28.9 Å². The number of amides is 1. The summed E-state index contributed by atoms with van der Waals surface area (Å²) >= 11 is 5.60. The second-order valence-corrected chi connectivity index (χ2v) is 11.9. The molecule has 40 heavy (non-hydrogen) atoms. The van der Waals surface area contributed by atoms with Crippen molar-refractivity contribution in [1.82, 2.24) is 10.2 Å². The quantitative estimate of drug-likeness (QED) is 0.0786. The fourth-order valence-electron chi connectivity index (χ4n) is 4.23. The highest BCUT2D eigenvalue weighted by atomic mass is 79.9. The average molecular weight is 643 g/mol. The van der Waals surface area contributed by atoms with Crippen LogP contribution in [0, 0.1) is 12.7 Å². The highest BCUT2D eigenvalue weighted by Crippen LogP contribution is 2.47. The molecule has 1 saturated heterocycles. The number of aliphatic hydroxyl groups excluding tert-OH is 1. The molecule has 1 fully saturated rings. The van der Waals surface area contributed by atoms with E-state index in [0.717, 1.165) is 16.9 Å². The fourth-order valence-corrected chi connectivity index (χ4v) is 6.55. The third-order valence-electron chi connectivity index (χ3n) is 6.27. The summed E-state index contributed by atoms with van der Waals surface area (Å²) in [4.78, 5) is 28.0. The van der Waals surface area contributed by atoms with E-state index in [2.05, 4.69) is 26.1 Å². The summed E-state index contributed by atoms with van der Waals surface area (Å²) in [6, 6.07) is 15.2. The highest BCUT2D eigenvalue weighted by molar-refractivity contribution is 9.10. The maximum absolute atomic E-state index is 14.1. The minimum Gasteiger partial charge on any atom is -0.507 e. The third kappa shape index (κ3) is 5.21. The van der Waals surface area contributed by atoms with Gasteiger partial charge in [-0.15, -0.1) is 10.2 Å². The van der Waals surface area contributed by atoms with Gasteiger partial charge in [0.25, 0.3) is 5.78 Å². The van der Waals surface area contributed by atoms with Crippen molar-refractivity contribution in [3.63, 3.8) is 0 Å². The topological polar surface area (TPSA) is 113 Å². The molecule has 0 spiro atoms. The molecule has 1 aromatic heterocycles. The van der Waals surface area contributed by atoms with Crippen LogP contribution in [0.5, 0.6) is 11.5 Å². The van der Waals surface area contributed by atoms with Gasteiger partial charge in [0.05, 0.1) is 23.2 Å². The Morgan fingerprint density at radius 3 is 2.58 bits per heavy atom. The first kappa shape index (κ1) is 27.8. The van der Waals surface area contributed by atoms with E-state index in [1.165, 1.54) is 35.9 Å². The largest absolute Gasteiger partial charge is 0.507 e. The summed E-state index contributed by atoms with van der Waals surface area (Å²) in [5.74, 6) is -2.26. The molecule has 0 bridgehead atoms. The van der Waals surface area contributed by atoms with E-state index >= 15 is 0 Å². The number of phenols is 1. The normalized spacial score (nSPS) is 16.5. The van der Waals surface area contributed by atoms with Crippen molar-refractivity contribution in [1.29, 1.82) is 0 Å². The van der Waals surface area contributed by atoms with E-state index in [1.54, 1.807) is 48.5 Å². The smallest absolute Gasteiger partial charge is 0.301 e. The Hall–Kier alpha value is -3.74. The number of ether oxygens (including phenoxy) is 1. The third-order valence-corrected chi connectivity index (χ3v) is 8.98. The lowest BCUT2D eigenvalue weighted by atomic mass is 9.95. The van der Waals surface area contributed by atoms with Crippen molar-refractivity contribution >= 4 is 61.6 Å². The number of aryl methyl sites for hydroxylation is 1. The maximum atomic E-state index is 14.1. The number of ketones is 1. The first-order chi connectivity index (χ1) is 19.2. The number of Topliss-reactive ketones (excluding diaryl/α,β-unsaturated/α-hetero) is 1. The van der Waals surface area contributed by atoms with Crippen LogP contribution in [-0.2, 0) is 15.3 Å². The predicted octanol–water partition coefficient (Wildman–Crippen LogP) is 6.38. The van der Waals surface area contributed by atoms with Crippen LogP contribution in [0.25, 0.3) is 5.76 Å². The van der Waals surface area contributed by atoms with E-state index in [9.17, 15) is 24.2 Å². The lowest BCUT2D eigenvalue weighted by Gasteiger charge is -2.23. The lowest BCUT2D eigenvalue weighted by molar-refractivity contribution is -0.132. The Morgan fingerprint density at radius 1 is 1.15 bits per heavy atom. The van der Waals surface area contributed by atoms with Crippen LogP contribution in [-0.4, -0.2) is 39.2 Å². The van der Waals surface area contributed by atoms with E-state index in [-0.39, 0.29) is 38.3 Å². The zero-order valence-corrected chi connectivity index (χ0v) is 24.3. The summed E-state index contributed by atoms with van der Waals surface area (Å²) in [6.45, 7) is 1.89. The van der Waals surface area contributed by atoms with Gasteiger partial charge in [0, 0.05) is 11.3 Å². The molecule has 0 aliphatic carbocycles. The number of nitrogens with zero attached hydrogens (tertiary/aromatic N) is 3. The number of hydrogen-bond acceptors (Lipinski definition) is 9. The monoisotopic (exact) mass is 641 g/mol. The maximum Gasteiger partial charge on any atom is 0.301 e. The number of carbonyl (C=O) groups is 2. The zero-order valence-electron chi connectivity index (χ0n) is 21.1. The number of benzene rings is 3. The summed E-state index contributed by atoms with van der Waals surface area (Å²) in [5.41, 5.74) is 2.03. The Morgan fingerprint density at radius 2 is 1.88 bits per heavy atom. The number of thioether (sulfide) groups is 1. The molecule has 3 aromatic carbocycles. The molecular weight excluding hydrogens is 621 g/mol. The summed E-state index contributed by atoms with van der Waals surface area (Å²) in [6.07, 6.45) is 0. The molecule has 0 radical (unpaired) electrons. The summed E-state index contributed by atoms with van der Waals surface area (Å²) in [5, 5.41) is 30.1. The highest BCUT2D eigenvalue weighted by Gasteiger charge is 2.48. The first-order valence-electron chi connectivity index (χ1n) is 11.8. The Kier molecular flexibility index (Phi) is 7.92. The number of halogens is 2. The van der Waals surface area contributed by atoms with Crippen molar-refractivity contribution in [2.24, 2.45) is 0 Å². The molecule has 5 rings (SSSR count). The summed E-state index contributed by atoms with van der Waals surface area (Å²) in [7, 11) is 1.37. The molecule has 204 valence electrons. The molecule has 1 atom stereocenters. The predicted molar refractivity (Wildman–Crippen MR) is 154 cm³/mol. The van der Waals surface area contributed by atoms with Crippen LogP contribution in [0.3, 0.4) is 0 Å². The number of rotatable bonds is 7. The van der Waals surface area contributed by atoms with Gasteiger partial charge in [-0.05, 0) is 52.2 Å². The van der Waals surface area contributed by atoms with Crippen LogP contribution in [0.15, 0.2) is 75.0 Å². The van der Waals surface area contributed by atoms with Crippen LogP contribution < -0.4 is 9.64 Å². The fraction of sp³-hybridized carbons (Fsp3) is 0.143. The Labute approximate surface area is 245 Å². The zero-order chi connectivity index (χ0) is 28.6. The van der Waals surface area contributed by atoms with Gasteiger partial charge >= 0.3 is 5.91 Å². The molecule has 1 aliphatic heterocycles.